The number of nitro groups is 1. The predicted molar refractivity (Wildman–Crippen MR) is 78.6 cm³/mol. The molecular formula is C16H23NO3. The highest BCUT2D eigenvalue weighted by Gasteiger charge is 2.20. The Hall–Kier alpha value is -1.42. The fourth-order valence-corrected chi connectivity index (χ4v) is 3.03. The molecule has 4 heteroatoms. The van der Waals surface area contributed by atoms with Gasteiger partial charge < -0.3 is 5.11 Å². The number of hydrogen-bond donors (Lipinski definition) is 1. The molecule has 1 fully saturated rings. The molecule has 0 heterocycles. The van der Waals surface area contributed by atoms with Gasteiger partial charge in [-0.15, -0.1) is 0 Å². The highest BCUT2D eigenvalue weighted by molar-refractivity contribution is 5.33. The van der Waals surface area contributed by atoms with Crippen molar-refractivity contribution in [2.24, 2.45) is 5.92 Å². The quantitative estimate of drug-likeness (QED) is 0.671. The fraction of sp³-hybridized carbons (Fsp3) is 0.625. The van der Waals surface area contributed by atoms with E-state index in [1.165, 1.54) is 44.2 Å². The first kappa shape index (κ1) is 15.0. The molecule has 20 heavy (non-hydrogen) atoms. The molecule has 0 bridgehead atoms. The Morgan fingerprint density at radius 3 is 2.20 bits per heavy atom. The van der Waals surface area contributed by atoms with Crippen LogP contribution in [0.25, 0.3) is 0 Å². The Balaban J connectivity index is 1.91. The molecule has 4 nitrogen and oxygen atoms in total. The Morgan fingerprint density at radius 2 is 1.65 bits per heavy atom. The summed E-state index contributed by atoms with van der Waals surface area (Å²) >= 11 is 0. The second-order valence-electron chi connectivity index (χ2n) is 5.80. The van der Waals surface area contributed by atoms with Gasteiger partial charge in [-0.05, 0) is 30.7 Å². The molecule has 0 amide bonds. The summed E-state index contributed by atoms with van der Waals surface area (Å²) < 4.78 is 0. The van der Waals surface area contributed by atoms with E-state index < -0.39 is 4.92 Å². The highest BCUT2D eigenvalue weighted by Crippen LogP contribution is 2.26. The van der Waals surface area contributed by atoms with Crippen LogP contribution < -0.4 is 0 Å². The standard InChI is InChI=1S/C16H23NO3/c18-16(14-6-4-2-1-3-5-7-14)12-13-8-10-15(11-9-13)17(19)20/h8-11,14,16,18H,1-7,12H2. The van der Waals surface area contributed by atoms with Crippen molar-refractivity contribution >= 4 is 5.69 Å². The molecule has 1 aromatic carbocycles. The number of aliphatic hydroxyl groups is 1. The maximum atomic E-state index is 10.6. The van der Waals surface area contributed by atoms with Crippen molar-refractivity contribution in [1.82, 2.24) is 0 Å². The minimum absolute atomic E-state index is 0.106. The van der Waals surface area contributed by atoms with Crippen LogP contribution in [0.15, 0.2) is 24.3 Å². The minimum Gasteiger partial charge on any atom is -0.392 e. The summed E-state index contributed by atoms with van der Waals surface area (Å²) in [6.07, 6.45) is 8.79. The molecule has 1 aliphatic rings. The number of aliphatic hydroxyl groups excluding tert-OH is 1. The maximum Gasteiger partial charge on any atom is 0.269 e. The second kappa shape index (κ2) is 7.39. The third-order valence-corrected chi connectivity index (χ3v) is 4.29. The fourth-order valence-electron chi connectivity index (χ4n) is 3.03. The zero-order chi connectivity index (χ0) is 14.4. The lowest BCUT2D eigenvalue weighted by Crippen LogP contribution is -2.23. The third kappa shape index (κ3) is 4.30. The molecule has 1 aliphatic carbocycles. The first-order valence-corrected chi connectivity index (χ1v) is 7.58. The third-order valence-electron chi connectivity index (χ3n) is 4.29. The van der Waals surface area contributed by atoms with Crippen LogP contribution in [-0.2, 0) is 6.42 Å². The Bertz CT molecular complexity index is 422. The lowest BCUT2D eigenvalue weighted by Gasteiger charge is -2.25. The van der Waals surface area contributed by atoms with E-state index in [1.54, 1.807) is 12.1 Å². The van der Waals surface area contributed by atoms with E-state index in [2.05, 4.69) is 0 Å². The first-order valence-electron chi connectivity index (χ1n) is 7.58. The molecule has 1 N–H and O–H groups in total. The van der Waals surface area contributed by atoms with E-state index in [0.29, 0.717) is 12.3 Å². The molecule has 0 spiro atoms. The predicted octanol–water partition coefficient (Wildman–Crippen LogP) is 3.86. The minimum atomic E-state index is -0.394. The molecule has 1 unspecified atom stereocenters. The average molecular weight is 277 g/mol. The van der Waals surface area contributed by atoms with E-state index in [1.807, 2.05) is 0 Å². The monoisotopic (exact) mass is 277 g/mol. The van der Waals surface area contributed by atoms with Gasteiger partial charge in [-0.25, -0.2) is 0 Å². The van der Waals surface area contributed by atoms with Gasteiger partial charge in [0.1, 0.15) is 0 Å². The van der Waals surface area contributed by atoms with Crippen molar-refractivity contribution in [3.8, 4) is 0 Å². The second-order valence-corrected chi connectivity index (χ2v) is 5.80. The number of nitro benzene ring substituents is 1. The number of non-ortho nitro benzene ring substituents is 1. The van der Waals surface area contributed by atoms with Crippen LogP contribution in [0.4, 0.5) is 5.69 Å². The molecule has 0 aromatic heterocycles. The zero-order valence-electron chi connectivity index (χ0n) is 11.8. The van der Waals surface area contributed by atoms with Crippen LogP contribution in [-0.4, -0.2) is 16.1 Å². The summed E-state index contributed by atoms with van der Waals surface area (Å²) in [6.45, 7) is 0. The SMILES string of the molecule is O=[N+]([O-])c1ccc(CC(O)C2CCCCCCC2)cc1. The van der Waals surface area contributed by atoms with Gasteiger partial charge in [0.15, 0.2) is 0 Å². The average Bonchev–Trinajstić information content (AvgIpc) is 2.38. The van der Waals surface area contributed by atoms with Gasteiger partial charge in [-0.1, -0.05) is 44.2 Å². The molecule has 110 valence electrons. The smallest absolute Gasteiger partial charge is 0.269 e. The van der Waals surface area contributed by atoms with Crippen molar-refractivity contribution in [2.75, 3.05) is 0 Å². The molecule has 0 radical (unpaired) electrons. The van der Waals surface area contributed by atoms with Gasteiger partial charge in [-0.2, -0.15) is 0 Å². The molecule has 1 saturated carbocycles. The van der Waals surface area contributed by atoms with Gasteiger partial charge in [0, 0.05) is 12.1 Å². The van der Waals surface area contributed by atoms with E-state index in [4.69, 9.17) is 0 Å². The molecule has 1 aromatic rings. The summed E-state index contributed by atoms with van der Waals surface area (Å²) in [5, 5.41) is 21.0. The normalized spacial score (nSPS) is 19.1. The zero-order valence-corrected chi connectivity index (χ0v) is 11.8. The van der Waals surface area contributed by atoms with E-state index in [9.17, 15) is 15.2 Å². The molecule has 1 atom stereocenters. The van der Waals surface area contributed by atoms with Crippen LogP contribution in [0.1, 0.15) is 50.5 Å². The lowest BCUT2D eigenvalue weighted by molar-refractivity contribution is -0.384. The van der Waals surface area contributed by atoms with E-state index >= 15 is 0 Å². The topological polar surface area (TPSA) is 63.4 Å². The molecule has 0 aliphatic heterocycles. The summed E-state index contributed by atoms with van der Waals surface area (Å²) in [6, 6.07) is 6.54. The first-order chi connectivity index (χ1) is 9.66. The maximum absolute atomic E-state index is 10.6. The number of hydrogen-bond acceptors (Lipinski definition) is 3. The number of benzene rings is 1. The van der Waals surface area contributed by atoms with Crippen LogP contribution in [0.5, 0.6) is 0 Å². The van der Waals surface area contributed by atoms with Gasteiger partial charge in [0.2, 0.25) is 0 Å². The van der Waals surface area contributed by atoms with Crippen LogP contribution in [0, 0.1) is 16.0 Å². The van der Waals surface area contributed by atoms with Gasteiger partial charge >= 0.3 is 0 Å². The summed E-state index contributed by atoms with van der Waals surface area (Å²) in [5.74, 6) is 0.380. The Labute approximate surface area is 120 Å². The summed E-state index contributed by atoms with van der Waals surface area (Å²) in [7, 11) is 0. The van der Waals surface area contributed by atoms with Crippen LogP contribution in [0.3, 0.4) is 0 Å². The largest absolute Gasteiger partial charge is 0.392 e. The van der Waals surface area contributed by atoms with Crippen molar-refractivity contribution in [1.29, 1.82) is 0 Å². The highest BCUT2D eigenvalue weighted by atomic mass is 16.6. The molecular weight excluding hydrogens is 254 g/mol. The van der Waals surface area contributed by atoms with E-state index in [-0.39, 0.29) is 11.8 Å². The van der Waals surface area contributed by atoms with Crippen molar-refractivity contribution in [3.63, 3.8) is 0 Å². The lowest BCUT2D eigenvalue weighted by atomic mass is 9.85. The van der Waals surface area contributed by atoms with Gasteiger partial charge in [0.05, 0.1) is 11.0 Å². The summed E-state index contributed by atoms with van der Waals surface area (Å²) in [5.41, 5.74) is 1.08. The van der Waals surface area contributed by atoms with Crippen molar-refractivity contribution in [2.45, 2.75) is 57.5 Å². The summed E-state index contributed by atoms with van der Waals surface area (Å²) in [4.78, 5) is 10.2. The molecule has 0 saturated heterocycles. The van der Waals surface area contributed by atoms with E-state index in [0.717, 1.165) is 18.4 Å². The number of rotatable bonds is 4. The van der Waals surface area contributed by atoms with Crippen molar-refractivity contribution in [3.05, 3.63) is 39.9 Å². The number of nitrogens with zero attached hydrogens (tertiary/aromatic N) is 1. The van der Waals surface area contributed by atoms with Gasteiger partial charge in [0.25, 0.3) is 5.69 Å². The Kier molecular flexibility index (Phi) is 5.53. The van der Waals surface area contributed by atoms with Gasteiger partial charge in [-0.3, -0.25) is 10.1 Å². The molecule has 2 rings (SSSR count). The van der Waals surface area contributed by atoms with Crippen LogP contribution >= 0.6 is 0 Å². The van der Waals surface area contributed by atoms with Crippen LogP contribution in [0.2, 0.25) is 0 Å². The van der Waals surface area contributed by atoms with Crippen molar-refractivity contribution < 1.29 is 10.0 Å². The Morgan fingerprint density at radius 1 is 1.10 bits per heavy atom.